The van der Waals surface area contributed by atoms with Crippen molar-refractivity contribution in [2.24, 2.45) is 0 Å². The van der Waals surface area contributed by atoms with E-state index in [9.17, 15) is 14.4 Å². The van der Waals surface area contributed by atoms with Crippen LogP contribution in [0.1, 0.15) is 12.8 Å². The molecule has 0 atom stereocenters. The van der Waals surface area contributed by atoms with Crippen molar-refractivity contribution >= 4 is 47.5 Å². The summed E-state index contributed by atoms with van der Waals surface area (Å²) in [4.78, 5) is 39.4. The van der Waals surface area contributed by atoms with Crippen molar-refractivity contribution in [3.63, 3.8) is 0 Å². The monoisotopic (exact) mass is 229 g/mol. The fourth-order valence-corrected chi connectivity index (χ4v) is 0.553. The largest absolute Gasteiger partial charge is 0.479 e. The summed E-state index contributed by atoms with van der Waals surface area (Å²) in [7, 11) is 1.15. The van der Waals surface area contributed by atoms with Crippen LogP contribution in [0.5, 0.6) is 0 Å². The van der Waals surface area contributed by atoms with Gasteiger partial charge >= 0.3 is 17.9 Å². The molecule has 81 valence electrons. The third kappa shape index (κ3) is 11.3. The number of aliphatic carboxylic acids is 1. The topological polar surface area (TPSA) is 99.1 Å². The molecule has 0 aromatic heterocycles. The van der Waals surface area contributed by atoms with E-state index in [1.165, 1.54) is 0 Å². The zero-order valence-electron chi connectivity index (χ0n) is 8.52. The average molecular weight is 229 g/mol. The van der Waals surface area contributed by atoms with E-state index in [0.29, 0.717) is 0 Å². The van der Waals surface area contributed by atoms with Crippen LogP contribution in [0.4, 0.5) is 0 Å². The second kappa shape index (κ2) is 9.91. The zero-order chi connectivity index (χ0) is 11.0. The molecule has 0 aliphatic rings. The normalized spacial score (nSPS) is 8.60. The molecule has 0 bridgehead atoms. The minimum Gasteiger partial charge on any atom is -0.479 e. The minimum atomic E-state index is -1.25. The second-order valence-corrected chi connectivity index (χ2v) is 2.18. The van der Waals surface area contributed by atoms with Gasteiger partial charge in [-0.05, 0) is 0 Å². The number of carboxylic acid groups (broad SMARTS) is 1. The molecular formula is C7H10NaO7. The van der Waals surface area contributed by atoms with Gasteiger partial charge in [0.25, 0.3) is 0 Å². The summed E-state index contributed by atoms with van der Waals surface area (Å²) in [5.41, 5.74) is 0. The van der Waals surface area contributed by atoms with Crippen molar-refractivity contribution in [2.45, 2.75) is 12.8 Å². The van der Waals surface area contributed by atoms with Gasteiger partial charge in [-0.1, -0.05) is 0 Å². The van der Waals surface area contributed by atoms with Crippen LogP contribution in [0, 0.1) is 0 Å². The Hall–Kier alpha value is -0.630. The van der Waals surface area contributed by atoms with Crippen molar-refractivity contribution in [3.8, 4) is 0 Å². The average Bonchev–Trinajstić information content (AvgIpc) is 2.12. The first-order valence-electron chi connectivity index (χ1n) is 3.67. The van der Waals surface area contributed by atoms with Crippen molar-refractivity contribution < 1.29 is 34.0 Å². The predicted octanol–water partition coefficient (Wildman–Crippen LogP) is -0.882. The fraction of sp³-hybridized carbons (Fsp3) is 0.571. The van der Waals surface area contributed by atoms with Crippen molar-refractivity contribution in [1.82, 2.24) is 0 Å². The maximum atomic E-state index is 10.7. The van der Waals surface area contributed by atoms with E-state index >= 15 is 0 Å². The molecule has 8 heteroatoms. The Morgan fingerprint density at radius 3 is 2.13 bits per heavy atom. The van der Waals surface area contributed by atoms with Crippen LogP contribution in [0.15, 0.2) is 0 Å². The Balaban J connectivity index is 0. The number of rotatable bonds is 6. The molecule has 0 spiro atoms. The summed E-state index contributed by atoms with van der Waals surface area (Å²) >= 11 is 0. The predicted molar refractivity (Wildman–Crippen MR) is 46.7 cm³/mol. The van der Waals surface area contributed by atoms with Crippen LogP contribution in [0.2, 0.25) is 0 Å². The van der Waals surface area contributed by atoms with Gasteiger partial charge in [0, 0.05) is 29.6 Å². The second-order valence-electron chi connectivity index (χ2n) is 2.18. The summed E-state index contributed by atoms with van der Waals surface area (Å²) < 4.78 is 4.24. The number of ether oxygens (including phenoxy) is 1. The van der Waals surface area contributed by atoms with E-state index in [2.05, 4.69) is 14.5 Å². The quantitative estimate of drug-likeness (QED) is 0.273. The van der Waals surface area contributed by atoms with Gasteiger partial charge in [0.15, 0.2) is 6.61 Å². The molecule has 0 saturated heterocycles. The van der Waals surface area contributed by atoms with Gasteiger partial charge in [-0.3, -0.25) is 9.68 Å². The summed E-state index contributed by atoms with van der Waals surface area (Å²) in [5.74, 6) is -2.75. The van der Waals surface area contributed by atoms with Gasteiger partial charge < -0.3 is 9.84 Å². The summed E-state index contributed by atoms with van der Waals surface area (Å²) in [6.45, 7) is -0.710. The number of hydrogen-bond acceptors (Lipinski definition) is 6. The fourth-order valence-electron chi connectivity index (χ4n) is 0.553. The molecule has 0 unspecified atom stereocenters. The molecule has 7 nitrogen and oxygen atoms in total. The molecule has 1 radical (unpaired) electrons. The molecule has 0 aromatic rings. The molecule has 0 rings (SSSR count). The van der Waals surface area contributed by atoms with Crippen molar-refractivity contribution in [1.29, 1.82) is 0 Å². The summed E-state index contributed by atoms with van der Waals surface area (Å²) in [6, 6.07) is 0. The van der Waals surface area contributed by atoms with E-state index in [1.54, 1.807) is 0 Å². The van der Waals surface area contributed by atoms with Gasteiger partial charge in [-0.15, -0.1) is 0 Å². The third-order valence-electron chi connectivity index (χ3n) is 1.07. The van der Waals surface area contributed by atoms with E-state index in [1.807, 2.05) is 0 Å². The minimum absolute atomic E-state index is 0. The SMILES string of the molecule is COOC(=O)CCC(=O)OCC(=O)O.[Na]. The molecule has 0 heterocycles. The molecule has 1 N–H and O–H groups in total. The van der Waals surface area contributed by atoms with Crippen LogP contribution in [0.3, 0.4) is 0 Å². The maximum Gasteiger partial charge on any atom is 0.342 e. The molecular weight excluding hydrogens is 219 g/mol. The van der Waals surface area contributed by atoms with E-state index in [-0.39, 0.29) is 42.4 Å². The molecule has 0 amide bonds. The third-order valence-corrected chi connectivity index (χ3v) is 1.07. The molecule has 0 aliphatic carbocycles. The van der Waals surface area contributed by atoms with Gasteiger partial charge in [0.05, 0.1) is 20.0 Å². The van der Waals surface area contributed by atoms with E-state index in [0.717, 1.165) is 7.11 Å². The first-order chi connectivity index (χ1) is 6.56. The molecule has 15 heavy (non-hydrogen) atoms. The molecule has 0 aromatic carbocycles. The number of carboxylic acids is 1. The van der Waals surface area contributed by atoms with Gasteiger partial charge in [-0.2, -0.15) is 4.89 Å². The molecule has 0 saturated carbocycles. The summed E-state index contributed by atoms with van der Waals surface area (Å²) in [6.07, 6.45) is -0.457. The molecule has 0 fully saturated rings. The number of hydrogen-bond donors (Lipinski definition) is 1. The first-order valence-corrected chi connectivity index (χ1v) is 3.67. The zero-order valence-corrected chi connectivity index (χ0v) is 10.5. The van der Waals surface area contributed by atoms with Gasteiger partial charge in [-0.25, -0.2) is 9.59 Å². The maximum absolute atomic E-state index is 10.7. The number of esters is 1. The summed E-state index contributed by atoms with van der Waals surface area (Å²) in [5, 5.41) is 8.14. The Morgan fingerprint density at radius 1 is 1.13 bits per heavy atom. The van der Waals surface area contributed by atoms with Crippen LogP contribution in [-0.4, -0.2) is 66.3 Å². The van der Waals surface area contributed by atoms with Crippen LogP contribution < -0.4 is 0 Å². The Kier molecular flexibility index (Phi) is 11.1. The van der Waals surface area contributed by atoms with Gasteiger partial charge in [0.2, 0.25) is 0 Å². The van der Waals surface area contributed by atoms with Crippen LogP contribution in [-0.2, 0) is 28.9 Å². The van der Waals surface area contributed by atoms with Crippen molar-refractivity contribution in [2.75, 3.05) is 13.7 Å². The van der Waals surface area contributed by atoms with Crippen LogP contribution in [0.25, 0.3) is 0 Å². The van der Waals surface area contributed by atoms with Crippen molar-refractivity contribution in [3.05, 3.63) is 0 Å². The van der Waals surface area contributed by atoms with E-state index in [4.69, 9.17) is 5.11 Å². The molecule has 0 aliphatic heterocycles. The smallest absolute Gasteiger partial charge is 0.342 e. The Bertz CT molecular complexity index is 227. The van der Waals surface area contributed by atoms with Crippen LogP contribution >= 0.6 is 0 Å². The Labute approximate surface area is 108 Å². The Morgan fingerprint density at radius 2 is 1.67 bits per heavy atom. The first kappa shape index (κ1) is 16.8. The number of carbonyl (C=O) groups excluding carboxylic acids is 2. The van der Waals surface area contributed by atoms with E-state index < -0.39 is 24.5 Å². The van der Waals surface area contributed by atoms with Gasteiger partial charge in [0.1, 0.15) is 0 Å². The standard InChI is InChI=1S/C7H10O7.Na/c1-12-14-7(11)3-2-6(10)13-4-5(8)9;/h2-4H2,1H3,(H,8,9);. The number of carbonyl (C=O) groups is 3.